The van der Waals surface area contributed by atoms with Gasteiger partial charge in [-0.1, -0.05) is 0 Å². The van der Waals surface area contributed by atoms with Crippen LogP contribution in [0, 0.1) is 5.82 Å². The Morgan fingerprint density at radius 1 is 1.47 bits per heavy atom. The van der Waals surface area contributed by atoms with E-state index in [2.05, 4.69) is 20.9 Å². The van der Waals surface area contributed by atoms with Crippen LogP contribution in [0.15, 0.2) is 34.2 Å². The topological polar surface area (TPSA) is 38.9 Å². The average Bonchev–Trinajstić information content (AvgIpc) is 2.64. The molecule has 78 valence electrons. The number of hydrogen-bond acceptors (Lipinski definition) is 3. The van der Waals surface area contributed by atoms with E-state index in [1.807, 2.05) is 11.4 Å². The molecule has 2 rings (SSSR count). The number of halogens is 2. The maximum Gasteiger partial charge on any atom is 0.146 e. The predicted octanol–water partition coefficient (Wildman–Crippen LogP) is 3.09. The second-order valence-electron chi connectivity index (χ2n) is 2.98. The van der Waals surface area contributed by atoms with Crippen LogP contribution in [-0.4, -0.2) is 4.98 Å². The Morgan fingerprint density at radius 2 is 2.27 bits per heavy atom. The van der Waals surface area contributed by atoms with E-state index in [1.165, 1.54) is 17.4 Å². The van der Waals surface area contributed by atoms with E-state index in [0.717, 1.165) is 9.35 Å². The van der Waals surface area contributed by atoms with Crippen LogP contribution in [0.25, 0.3) is 0 Å². The summed E-state index contributed by atoms with van der Waals surface area (Å²) in [5, 5.41) is 1.90. The third kappa shape index (κ3) is 2.09. The van der Waals surface area contributed by atoms with Gasteiger partial charge >= 0.3 is 0 Å². The fourth-order valence-corrected chi connectivity index (χ4v) is 2.90. The first kappa shape index (κ1) is 10.7. The van der Waals surface area contributed by atoms with Crippen LogP contribution in [0.3, 0.4) is 0 Å². The van der Waals surface area contributed by atoms with Gasteiger partial charge in [-0.3, -0.25) is 4.98 Å². The highest BCUT2D eigenvalue weighted by Gasteiger charge is 2.18. The Hall–Kier alpha value is -0.780. The van der Waals surface area contributed by atoms with Crippen molar-refractivity contribution in [3.05, 3.63) is 50.6 Å². The summed E-state index contributed by atoms with van der Waals surface area (Å²) in [6, 6.07) is 4.29. The fourth-order valence-electron chi connectivity index (χ4n) is 1.28. The molecule has 1 unspecified atom stereocenters. The van der Waals surface area contributed by atoms with Gasteiger partial charge in [-0.05, 0) is 39.5 Å². The second-order valence-corrected chi connectivity index (χ2v) is 4.78. The number of thiophene rings is 1. The minimum absolute atomic E-state index is 0.278. The molecule has 0 aliphatic heterocycles. The molecule has 0 saturated heterocycles. The minimum Gasteiger partial charge on any atom is -0.318 e. The molecule has 2 aromatic heterocycles. The molecular formula is C10H8BrFN2S. The lowest BCUT2D eigenvalue weighted by Crippen LogP contribution is -2.14. The summed E-state index contributed by atoms with van der Waals surface area (Å²) in [6.07, 6.45) is 1.54. The Labute approximate surface area is 99.1 Å². The van der Waals surface area contributed by atoms with Gasteiger partial charge in [0.1, 0.15) is 5.82 Å². The summed E-state index contributed by atoms with van der Waals surface area (Å²) in [4.78, 5) is 4.84. The van der Waals surface area contributed by atoms with Crippen molar-refractivity contribution in [3.8, 4) is 0 Å². The van der Waals surface area contributed by atoms with Gasteiger partial charge < -0.3 is 5.73 Å². The molecule has 1 atom stereocenters. The fraction of sp³-hybridized carbons (Fsp3) is 0.100. The van der Waals surface area contributed by atoms with E-state index in [0.29, 0.717) is 0 Å². The van der Waals surface area contributed by atoms with Crippen molar-refractivity contribution in [1.29, 1.82) is 0 Å². The Morgan fingerprint density at radius 3 is 2.87 bits per heavy atom. The molecule has 0 spiro atoms. The lowest BCUT2D eigenvalue weighted by Gasteiger charge is -2.10. The third-order valence-electron chi connectivity index (χ3n) is 2.01. The van der Waals surface area contributed by atoms with Gasteiger partial charge in [-0.25, -0.2) is 4.39 Å². The van der Waals surface area contributed by atoms with Gasteiger partial charge in [0.25, 0.3) is 0 Å². The maximum absolute atomic E-state index is 13.4. The van der Waals surface area contributed by atoms with Gasteiger partial charge in [0.2, 0.25) is 0 Å². The van der Waals surface area contributed by atoms with Crippen molar-refractivity contribution < 1.29 is 4.39 Å². The molecule has 0 fully saturated rings. The largest absolute Gasteiger partial charge is 0.318 e. The first-order valence-electron chi connectivity index (χ1n) is 4.29. The summed E-state index contributed by atoms with van der Waals surface area (Å²) in [7, 11) is 0. The maximum atomic E-state index is 13.4. The van der Waals surface area contributed by atoms with E-state index < -0.39 is 6.04 Å². The summed E-state index contributed by atoms with van der Waals surface area (Å²) >= 11 is 4.85. The van der Waals surface area contributed by atoms with Crippen molar-refractivity contribution in [1.82, 2.24) is 4.98 Å². The molecule has 0 aromatic carbocycles. The average molecular weight is 287 g/mol. The zero-order valence-electron chi connectivity index (χ0n) is 7.65. The van der Waals surface area contributed by atoms with Gasteiger partial charge in [0.05, 0.1) is 11.7 Å². The van der Waals surface area contributed by atoms with Crippen LogP contribution < -0.4 is 5.73 Å². The van der Waals surface area contributed by atoms with Crippen molar-refractivity contribution in [2.24, 2.45) is 5.73 Å². The zero-order valence-corrected chi connectivity index (χ0v) is 10.1. The number of nitrogens with two attached hydrogens (primary N) is 1. The highest BCUT2D eigenvalue weighted by molar-refractivity contribution is 9.10. The van der Waals surface area contributed by atoms with Crippen LogP contribution in [0.2, 0.25) is 0 Å². The SMILES string of the molecule is NC(c1ncccc1F)c1sccc1Br. The Kier molecular flexibility index (Phi) is 3.14. The molecule has 0 aliphatic rings. The van der Waals surface area contributed by atoms with Crippen molar-refractivity contribution in [2.75, 3.05) is 0 Å². The molecule has 2 nitrogen and oxygen atoms in total. The molecule has 0 aliphatic carbocycles. The molecular weight excluding hydrogens is 279 g/mol. The Balaban J connectivity index is 2.41. The smallest absolute Gasteiger partial charge is 0.146 e. The lowest BCUT2D eigenvalue weighted by molar-refractivity contribution is 0.587. The van der Waals surface area contributed by atoms with E-state index >= 15 is 0 Å². The van der Waals surface area contributed by atoms with E-state index in [9.17, 15) is 4.39 Å². The van der Waals surface area contributed by atoms with Crippen molar-refractivity contribution in [3.63, 3.8) is 0 Å². The van der Waals surface area contributed by atoms with E-state index in [1.54, 1.807) is 12.3 Å². The van der Waals surface area contributed by atoms with E-state index in [4.69, 9.17) is 5.73 Å². The molecule has 15 heavy (non-hydrogen) atoms. The standard InChI is InChI=1S/C10H8BrFN2S/c11-6-3-5-15-10(6)8(13)9-7(12)2-1-4-14-9/h1-5,8H,13H2. The van der Waals surface area contributed by atoms with Crippen LogP contribution in [0.1, 0.15) is 16.6 Å². The highest BCUT2D eigenvalue weighted by Crippen LogP contribution is 2.31. The molecule has 2 N–H and O–H groups in total. The van der Waals surface area contributed by atoms with Crippen molar-refractivity contribution in [2.45, 2.75) is 6.04 Å². The molecule has 0 bridgehead atoms. The third-order valence-corrected chi connectivity index (χ3v) is 3.96. The molecule has 0 radical (unpaired) electrons. The molecule has 2 heterocycles. The van der Waals surface area contributed by atoms with Crippen LogP contribution in [-0.2, 0) is 0 Å². The number of aromatic nitrogens is 1. The lowest BCUT2D eigenvalue weighted by atomic mass is 10.1. The monoisotopic (exact) mass is 286 g/mol. The number of pyridine rings is 1. The number of rotatable bonds is 2. The van der Waals surface area contributed by atoms with Gasteiger partial charge in [-0.2, -0.15) is 0 Å². The summed E-state index contributed by atoms with van der Waals surface area (Å²) in [5.74, 6) is -0.370. The van der Waals surface area contributed by atoms with Crippen LogP contribution >= 0.6 is 27.3 Å². The minimum atomic E-state index is -0.513. The quantitative estimate of drug-likeness (QED) is 0.921. The highest BCUT2D eigenvalue weighted by atomic mass is 79.9. The zero-order chi connectivity index (χ0) is 10.8. The van der Waals surface area contributed by atoms with Gasteiger partial charge in [-0.15, -0.1) is 11.3 Å². The summed E-state index contributed by atoms with van der Waals surface area (Å²) in [5.41, 5.74) is 6.22. The number of hydrogen-bond donors (Lipinski definition) is 1. The van der Waals surface area contributed by atoms with Gasteiger partial charge in [0, 0.05) is 15.5 Å². The molecule has 2 aromatic rings. The van der Waals surface area contributed by atoms with E-state index in [-0.39, 0.29) is 11.5 Å². The van der Waals surface area contributed by atoms with Crippen LogP contribution in [0.5, 0.6) is 0 Å². The summed E-state index contributed by atoms with van der Waals surface area (Å²) in [6.45, 7) is 0. The number of nitrogens with zero attached hydrogens (tertiary/aromatic N) is 1. The first-order valence-corrected chi connectivity index (χ1v) is 5.96. The Bertz CT molecular complexity index is 472. The van der Waals surface area contributed by atoms with Crippen molar-refractivity contribution >= 4 is 27.3 Å². The second kappa shape index (κ2) is 4.38. The van der Waals surface area contributed by atoms with Gasteiger partial charge in [0.15, 0.2) is 0 Å². The predicted molar refractivity (Wildman–Crippen MR) is 62.2 cm³/mol. The molecule has 5 heteroatoms. The normalized spacial score (nSPS) is 12.7. The van der Waals surface area contributed by atoms with Crippen LogP contribution in [0.4, 0.5) is 4.39 Å². The molecule has 0 saturated carbocycles. The molecule has 0 amide bonds. The first-order chi connectivity index (χ1) is 7.20. The summed E-state index contributed by atoms with van der Waals surface area (Å²) < 4.78 is 14.3.